The summed E-state index contributed by atoms with van der Waals surface area (Å²) in [6, 6.07) is 9.06. The number of ether oxygens (including phenoxy) is 1. The van der Waals surface area contributed by atoms with Crippen molar-refractivity contribution < 1.29 is 13.2 Å². The SMILES string of the molecule is CCNc1cc2c(cn1)c(-c1cnn(C)c1)nn2C1CCC(Oc2cccc(S(C)(=O)=O)c2)CC1. The molecule has 3 heterocycles. The first kappa shape index (κ1) is 23.3. The predicted octanol–water partition coefficient (Wildman–Crippen LogP) is 4.23. The average molecular weight is 495 g/mol. The quantitative estimate of drug-likeness (QED) is 0.410. The lowest BCUT2D eigenvalue weighted by molar-refractivity contribution is 0.130. The van der Waals surface area contributed by atoms with Gasteiger partial charge in [-0.3, -0.25) is 9.36 Å². The molecular formula is C25H30N6O3S. The summed E-state index contributed by atoms with van der Waals surface area (Å²) >= 11 is 0. The monoisotopic (exact) mass is 494 g/mol. The Labute approximate surface area is 205 Å². The molecule has 10 heteroatoms. The van der Waals surface area contributed by atoms with Crippen LogP contribution in [0.5, 0.6) is 5.75 Å². The van der Waals surface area contributed by atoms with Crippen LogP contribution in [0.2, 0.25) is 0 Å². The maximum absolute atomic E-state index is 11.9. The Bertz CT molecular complexity index is 1450. The van der Waals surface area contributed by atoms with Gasteiger partial charge in [-0.25, -0.2) is 13.4 Å². The number of nitrogens with zero attached hydrogens (tertiary/aromatic N) is 5. The Kier molecular flexibility index (Phi) is 6.22. The Morgan fingerprint density at radius 2 is 1.94 bits per heavy atom. The van der Waals surface area contributed by atoms with E-state index in [2.05, 4.69) is 33.1 Å². The van der Waals surface area contributed by atoms with Gasteiger partial charge in [0.25, 0.3) is 0 Å². The number of anilines is 1. The van der Waals surface area contributed by atoms with Crippen LogP contribution < -0.4 is 10.1 Å². The fourth-order valence-corrected chi connectivity index (χ4v) is 5.38. The molecule has 9 nitrogen and oxygen atoms in total. The van der Waals surface area contributed by atoms with E-state index in [0.29, 0.717) is 5.75 Å². The van der Waals surface area contributed by atoms with E-state index in [1.54, 1.807) is 22.9 Å². The highest BCUT2D eigenvalue weighted by atomic mass is 32.2. The van der Waals surface area contributed by atoms with Gasteiger partial charge in [-0.2, -0.15) is 10.2 Å². The highest BCUT2D eigenvalue weighted by Gasteiger charge is 2.27. The number of aryl methyl sites for hydroxylation is 1. The highest BCUT2D eigenvalue weighted by molar-refractivity contribution is 7.90. The molecule has 35 heavy (non-hydrogen) atoms. The number of pyridine rings is 1. The van der Waals surface area contributed by atoms with Crippen molar-refractivity contribution in [1.29, 1.82) is 0 Å². The lowest BCUT2D eigenvalue weighted by Crippen LogP contribution is -2.26. The standard InChI is InChI=1S/C25H30N6O3S/c1-4-26-24-13-23-22(15-27-24)25(17-14-28-30(2)16-17)29-31(23)18-8-10-19(11-9-18)34-20-6-5-7-21(12-20)35(3,32)33/h5-7,12-16,18-19H,4,8-11H2,1-3H3,(H,26,27). The van der Waals surface area contributed by atoms with Gasteiger partial charge >= 0.3 is 0 Å². The molecule has 0 atom stereocenters. The van der Waals surface area contributed by atoms with Crippen molar-refractivity contribution >= 4 is 26.6 Å². The van der Waals surface area contributed by atoms with Crippen molar-refractivity contribution in [2.24, 2.45) is 7.05 Å². The largest absolute Gasteiger partial charge is 0.490 e. The molecule has 1 aliphatic carbocycles. The van der Waals surface area contributed by atoms with E-state index >= 15 is 0 Å². The third-order valence-electron chi connectivity index (χ3n) is 6.45. The number of hydrogen-bond acceptors (Lipinski definition) is 7. The molecule has 0 unspecified atom stereocenters. The minimum Gasteiger partial charge on any atom is -0.490 e. The summed E-state index contributed by atoms with van der Waals surface area (Å²) in [6.45, 7) is 2.85. The first-order valence-corrected chi connectivity index (χ1v) is 13.8. The minimum atomic E-state index is -3.27. The first-order valence-electron chi connectivity index (χ1n) is 11.9. The van der Waals surface area contributed by atoms with Crippen LogP contribution in [-0.2, 0) is 16.9 Å². The van der Waals surface area contributed by atoms with Crippen molar-refractivity contribution in [3.05, 3.63) is 48.9 Å². The molecule has 1 saturated carbocycles. The lowest BCUT2D eigenvalue weighted by atomic mass is 9.93. The van der Waals surface area contributed by atoms with E-state index in [1.165, 1.54) is 6.26 Å². The molecule has 184 valence electrons. The fourth-order valence-electron chi connectivity index (χ4n) is 4.72. The summed E-state index contributed by atoms with van der Waals surface area (Å²) in [7, 11) is -1.37. The van der Waals surface area contributed by atoms with E-state index < -0.39 is 9.84 Å². The van der Waals surface area contributed by atoms with Crippen LogP contribution in [-0.4, -0.2) is 51.9 Å². The van der Waals surface area contributed by atoms with E-state index in [0.717, 1.165) is 60.2 Å². The second-order valence-corrected chi connectivity index (χ2v) is 11.1. The molecule has 1 fully saturated rings. The predicted molar refractivity (Wildman–Crippen MR) is 135 cm³/mol. The normalized spacial score (nSPS) is 18.6. The number of fused-ring (bicyclic) bond motifs is 1. The molecule has 5 rings (SSSR count). The van der Waals surface area contributed by atoms with E-state index in [9.17, 15) is 8.42 Å². The van der Waals surface area contributed by atoms with Gasteiger partial charge in [-0.1, -0.05) is 6.07 Å². The van der Waals surface area contributed by atoms with Crippen LogP contribution in [0.4, 0.5) is 5.82 Å². The Balaban J connectivity index is 1.38. The van der Waals surface area contributed by atoms with Crippen molar-refractivity contribution in [3.63, 3.8) is 0 Å². The van der Waals surface area contributed by atoms with Gasteiger partial charge in [0.15, 0.2) is 9.84 Å². The zero-order chi connectivity index (χ0) is 24.6. The van der Waals surface area contributed by atoms with Gasteiger partial charge in [0.1, 0.15) is 17.3 Å². The Morgan fingerprint density at radius 1 is 1.14 bits per heavy atom. The Morgan fingerprint density at radius 3 is 2.63 bits per heavy atom. The second-order valence-electron chi connectivity index (χ2n) is 9.11. The summed E-state index contributed by atoms with van der Waals surface area (Å²) in [5.74, 6) is 1.43. The third kappa shape index (κ3) is 4.88. The zero-order valence-electron chi connectivity index (χ0n) is 20.2. The molecule has 0 aliphatic heterocycles. The Hall–Kier alpha value is -3.40. The lowest BCUT2D eigenvalue weighted by Gasteiger charge is -2.29. The van der Waals surface area contributed by atoms with Crippen molar-refractivity contribution in [1.82, 2.24) is 24.5 Å². The third-order valence-corrected chi connectivity index (χ3v) is 7.56. The smallest absolute Gasteiger partial charge is 0.175 e. The maximum Gasteiger partial charge on any atom is 0.175 e. The van der Waals surface area contributed by atoms with Gasteiger partial charge in [0.2, 0.25) is 0 Å². The van der Waals surface area contributed by atoms with Crippen LogP contribution >= 0.6 is 0 Å². The molecule has 0 spiro atoms. The topological polar surface area (TPSA) is 104 Å². The van der Waals surface area contributed by atoms with Crippen LogP contribution in [0.25, 0.3) is 22.2 Å². The van der Waals surface area contributed by atoms with Gasteiger partial charge in [-0.15, -0.1) is 0 Å². The summed E-state index contributed by atoms with van der Waals surface area (Å²) < 4.78 is 33.8. The number of hydrogen-bond donors (Lipinski definition) is 1. The van der Waals surface area contributed by atoms with Crippen LogP contribution in [0.3, 0.4) is 0 Å². The van der Waals surface area contributed by atoms with Crippen LogP contribution in [0.15, 0.2) is 53.8 Å². The molecule has 1 aliphatic rings. The number of sulfone groups is 1. The number of nitrogens with one attached hydrogen (secondary N) is 1. The van der Waals surface area contributed by atoms with E-state index in [1.807, 2.05) is 31.7 Å². The van der Waals surface area contributed by atoms with Gasteiger partial charge < -0.3 is 10.1 Å². The number of aromatic nitrogens is 5. The van der Waals surface area contributed by atoms with Crippen LogP contribution in [0.1, 0.15) is 38.6 Å². The molecule has 0 amide bonds. The minimum absolute atomic E-state index is 0.0414. The second kappa shape index (κ2) is 9.33. The van der Waals surface area contributed by atoms with Crippen molar-refractivity contribution in [2.75, 3.05) is 18.1 Å². The van der Waals surface area contributed by atoms with Crippen LogP contribution in [0, 0.1) is 0 Å². The molecule has 4 aromatic rings. The summed E-state index contributed by atoms with van der Waals surface area (Å²) in [5.41, 5.74) is 2.91. The zero-order valence-corrected chi connectivity index (χ0v) is 21.0. The number of benzene rings is 1. The summed E-state index contributed by atoms with van der Waals surface area (Å²) in [5, 5.41) is 13.7. The fraction of sp³-hybridized carbons (Fsp3) is 0.400. The highest BCUT2D eigenvalue weighted by Crippen LogP contribution is 2.36. The van der Waals surface area contributed by atoms with Gasteiger partial charge in [-0.05, 0) is 50.8 Å². The summed E-state index contributed by atoms with van der Waals surface area (Å²) in [4.78, 5) is 4.85. The van der Waals surface area contributed by atoms with Crippen molar-refractivity contribution in [2.45, 2.75) is 49.6 Å². The molecule has 1 aromatic carbocycles. The number of rotatable bonds is 7. The van der Waals surface area contributed by atoms with E-state index in [-0.39, 0.29) is 17.0 Å². The summed E-state index contributed by atoms with van der Waals surface area (Å²) in [6.07, 6.45) is 10.5. The van der Waals surface area contributed by atoms with Crippen molar-refractivity contribution in [3.8, 4) is 17.0 Å². The first-order chi connectivity index (χ1) is 16.8. The molecule has 0 radical (unpaired) electrons. The van der Waals surface area contributed by atoms with E-state index in [4.69, 9.17) is 9.84 Å². The average Bonchev–Trinajstić information content (AvgIpc) is 3.43. The maximum atomic E-state index is 11.9. The van der Waals surface area contributed by atoms with Gasteiger partial charge in [0, 0.05) is 49.3 Å². The molecule has 3 aromatic heterocycles. The molecule has 1 N–H and O–H groups in total. The van der Waals surface area contributed by atoms with Gasteiger partial charge in [0.05, 0.1) is 28.8 Å². The molecule has 0 bridgehead atoms. The molecular weight excluding hydrogens is 464 g/mol. The molecule has 0 saturated heterocycles.